The first-order valence-electron chi connectivity index (χ1n) is 12.3. The molecule has 1 heterocycles. The van der Waals surface area contributed by atoms with Crippen LogP contribution in [0.4, 0.5) is 10.7 Å². The largest absolute Gasteiger partial charge is 0.478 e. The molecule has 1 aliphatic carbocycles. The number of hydrogen-bond donors (Lipinski definition) is 3. The molecule has 1 aromatic heterocycles. The molecule has 2 amide bonds. The van der Waals surface area contributed by atoms with Crippen LogP contribution in [-0.2, 0) is 22.4 Å². The van der Waals surface area contributed by atoms with Gasteiger partial charge in [-0.2, -0.15) is 0 Å². The molecule has 8 nitrogen and oxygen atoms in total. The molecule has 198 valence electrons. The van der Waals surface area contributed by atoms with Crippen LogP contribution in [-0.4, -0.2) is 40.7 Å². The summed E-state index contributed by atoms with van der Waals surface area (Å²) < 4.78 is 5.27. The number of ether oxygens (including phenoxy) is 1. The lowest BCUT2D eigenvalue weighted by Crippen LogP contribution is -2.23. The van der Waals surface area contributed by atoms with E-state index in [2.05, 4.69) is 10.6 Å². The molecular formula is C28H28N2O6S2. The normalized spacial score (nSPS) is 13.2. The smallest absolute Gasteiger partial charge is 0.341 e. The standard InChI is InChI=1S/C28H28N2O6S2/c1-3-36-28(35)23-21-13-6-7-14-22(21)38-26(23)30-24(31)16(2)37-18-10-8-9-17(15-18)29-25(32)19-11-4-5-12-20(19)27(33)34/h4-5,8-12,15-16H,3,6-7,13-14H2,1-2H3,(H,29,32)(H,30,31)(H,33,34). The van der Waals surface area contributed by atoms with E-state index in [1.807, 2.05) is 6.07 Å². The van der Waals surface area contributed by atoms with Crippen LogP contribution in [0.25, 0.3) is 0 Å². The molecule has 1 unspecified atom stereocenters. The monoisotopic (exact) mass is 552 g/mol. The molecule has 0 spiro atoms. The van der Waals surface area contributed by atoms with Crippen molar-refractivity contribution >= 4 is 57.5 Å². The van der Waals surface area contributed by atoms with E-state index < -0.39 is 23.1 Å². The van der Waals surface area contributed by atoms with Gasteiger partial charge in [-0.05, 0) is 75.4 Å². The molecule has 2 aromatic carbocycles. The minimum Gasteiger partial charge on any atom is -0.478 e. The molecule has 1 aliphatic rings. The van der Waals surface area contributed by atoms with Gasteiger partial charge in [-0.1, -0.05) is 18.2 Å². The van der Waals surface area contributed by atoms with E-state index in [1.165, 1.54) is 35.2 Å². The number of benzene rings is 2. The minimum absolute atomic E-state index is 0.0573. The van der Waals surface area contributed by atoms with E-state index in [0.717, 1.165) is 41.0 Å². The number of esters is 1. The molecule has 0 saturated carbocycles. The minimum atomic E-state index is -1.18. The van der Waals surface area contributed by atoms with Gasteiger partial charge in [-0.15, -0.1) is 23.1 Å². The van der Waals surface area contributed by atoms with Crippen molar-refractivity contribution in [3.8, 4) is 0 Å². The zero-order valence-corrected chi connectivity index (χ0v) is 22.7. The second-order valence-corrected chi connectivity index (χ2v) is 11.2. The highest BCUT2D eigenvalue weighted by Gasteiger charge is 2.28. The van der Waals surface area contributed by atoms with Gasteiger partial charge >= 0.3 is 11.9 Å². The van der Waals surface area contributed by atoms with Crippen molar-refractivity contribution in [2.24, 2.45) is 0 Å². The fraction of sp³-hybridized carbons (Fsp3) is 0.286. The number of rotatable bonds is 9. The molecule has 10 heteroatoms. The fourth-order valence-electron chi connectivity index (χ4n) is 4.26. The fourth-order valence-corrected chi connectivity index (χ4v) is 6.46. The van der Waals surface area contributed by atoms with E-state index in [4.69, 9.17) is 4.74 Å². The van der Waals surface area contributed by atoms with E-state index in [-0.39, 0.29) is 23.6 Å². The Morgan fingerprint density at radius 2 is 1.76 bits per heavy atom. The van der Waals surface area contributed by atoms with Gasteiger partial charge in [0.25, 0.3) is 5.91 Å². The predicted molar refractivity (Wildman–Crippen MR) is 149 cm³/mol. The number of aryl methyl sites for hydroxylation is 1. The first-order chi connectivity index (χ1) is 18.3. The Morgan fingerprint density at radius 3 is 2.50 bits per heavy atom. The molecule has 0 saturated heterocycles. The number of hydrogen-bond acceptors (Lipinski definition) is 7. The Labute approximate surface area is 228 Å². The van der Waals surface area contributed by atoms with Gasteiger partial charge in [-0.25, -0.2) is 9.59 Å². The van der Waals surface area contributed by atoms with Crippen LogP contribution < -0.4 is 10.6 Å². The van der Waals surface area contributed by atoms with Gasteiger partial charge in [0.1, 0.15) is 5.00 Å². The Kier molecular flexibility index (Phi) is 8.85. The third-order valence-electron chi connectivity index (χ3n) is 6.06. The van der Waals surface area contributed by atoms with Crippen LogP contribution in [0.1, 0.15) is 68.2 Å². The number of thiophene rings is 1. The molecule has 1 atom stereocenters. The van der Waals surface area contributed by atoms with Crippen LogP contribution in [0.5, 0.6) is 0 Å². The molecule has 0 bridgehead atoms. The molecule has 38 heavy (non-hydrogen) atoms. The van der Waals surface area contributed by atoms with E-state index in [9.17, 15) is 24.3 Å². The summed E-state index contributed by atoms with van der Waals surface area (Å²) in [5.41, 5.74) is 1.91. The number of carboxylic acids is 1. The quantitative estimate of drug-likeness (QED) is 0.224. The zero-order chi connectivity index (χ0) is 27.2. The van der Waals surface area contributed by atoms with Gasteiger partial charge < -0.3 is 20.5 Å². The molecule has 0 radical (unpaired) electrons. The van der Waals surface area contributed by atoms with Gasteiger partial charge in [0, 0.05) is 15.5 Å². The highest BCUT2D eigenvalue weighted by atomic mass is 32.2. The topological polar surface area (TPSA) is 122 Å². The molecule has 4 rings (SSSR count). The van der Waals surface area contributed by atoms with Gasteiger partial charge in [0.2, 0.25) is 5.91 Å². The first kappa shape index (κ1) is 27.4. The summed E-state index contributed by atoms with van der Waals surface area (Å²) in [6, 6.07) is 13.0. The summed E-state index contributed by atoms with van der Waals surface area (Å²) >= 11 is 2.75. The molecule has 3 N–H and O–H groups in total. The second-order valence-electron chi connectivity index (χ2n) is 8.72. The van der Waals surface area contributed by atoms with Crippen LogP contribution in [0.15, 0.2) is 53.4 Å². The average Bonchev–Trinajstić information content (AvgIpc) is 3.26. The number of thioether (sulfide) groups is 1. The number of carbonyl (C=O) groups excluding carboxylic acids is 3. The summed E-state index contributed by atoms with van der Waals surface area (Å²) in [7, 11) is 0. The number of amides is 2. The van der Waals surface area contributed by atoms with Crippen molar-refractivity contribution in [1.29, 1.82) is 0 Å². The summed E-state index contributed by atoms with van der Waals surface area (Å²) in [6.45, 7) is 3.79. The van der Waals surface area contributed by atoms with Crippen molar-refractivity contribution in [2.75, 3.05) is 17.2 Å². The second kappa shape index (κ2) is 12.3. The van der Waals surface area contributed by atoms with Crippen LogP contribution in [0.2, 0.25) is 0 Å². The number of carboxylic acid groups (broad SMARTS) is 1. The van der Waals surface area contributed by atoms with E-state index in [1.54, 1.807) is 44.2 Å². The highest BCUT2D eigenvalue weighted by Crippen LogP contribution is 2.39. The van der Waals surface area contributed by atoms with Crippen LogP contribution >= 0.6 is 23.1 Å². The summed E-state index contributed by atoms with van der Waals surface area (Å²) in [5.74, 6) is -2.37. The average molecular weight is 553 g/mol. The van der Waals surface area contributed by atoms with Crippen molar-refractivity contribution in [1.82, 2.24) is 0 Å². The number of fused-ring (bicyclic) bond motifs is 1. The number of anilines is 2. The zero-order valence-electron chi connectivity index (χ0n) is 21.0. The number of carbonyl (C=O) groups is 4. The first-order valence-corrected chi connectivity index (χ1v) is 14.0. The van der Waals surface area contributed by atoms with Gasteiger partial charge in [-0.3, -0.25) is 9.59 Å². The summed E-state index contributed by atoms with van der Waals surface area (Å²) in [5, 5.41) is 15.1. The maximum absolute atomic E-state index is 13.1. The lowest BCUT2D eigenvalue weighted by Gasteiger charge is -2.14. The van der Waals surface area contributed by atoms with Gasteiger partial charge in [0.15, 0.2) is 0 Å². The Hall–Kier alpha value is -3.63. The summed E-state index contributed by atoms with van der Waals surface area (Å²) in [6.07, 6.45) is 3.76. The lowest BCUT2D eigenvalue weighted by atomic mass is 9.95. The van der Waals surface area contributed by atoms with Crippen LogP contribution in [0, 0.1) is 0 Å². The third-order valence-corrected chi connectivity index (χ3v) is 8.36. The SMILES string of the molecule is CCOC(=O)c1c(NC(=O)C(C)Sc2cccc(NC(=O)c3ccccc3C(=O)O)c2)sc2c1CCCC2. The number of aromatic carboxylic acids is 1. The Morgan fingerprint density at radius 1 is 1.03 bits per heavy atom. The van der Waals surface area contributed by atoms with Crippen molar-refractivity contribution in [3.63, 3.8) is 0 Å². The molecule has 0 aliphatic heterocycles. The Balaban J connectivity index is 1.45. The highest BCUT2D eigenvalue weighted by molar-refractivity contribution is 8.00. The maximum atomic E-state index is 13.1. The predicted octanol–water partition coefficient (Wildman–Crippen LogP) is 5.87. The Bertz CT molecular complexity index is 1380. The number of nitrogens with one attached hydrogen (secondary N) is 2. The van der Waals surface area contributed by atoms with Crippen molar-refractivity contribution in [2.45, 2.75) is 49.7 Å². The van der Waals surface area contributed by atoms with Crippen molar-refractivity contribution in [3.05, 3.63) is 75.7 Å². The van der Waals surface area contributed by atoms with Crippen LogP contribution in [0.3, 0.4) is 0 Å². The maximum Gasteiger partial charge on any atom is 0.341 e. The molecular weight excluding hydrogens is 524 g/mol. The van der Waals surface area contributed by atoms with Gasteiger partial charge in [0.05, 0.1) is 28.5 Å². The van der Waals surface area contributed by atoms with Crippen molar-refractivity contribution < 1.29 is 29.0 Å². The van der Waals surface area contributed by atoms with E-state index >= 15 is 0 Å². The molecule has 0 fully saturated rings. The molecule has 3 aromatic rings. The summed E-state index contributed by atoms with van der Waals surface area (Å²) in [4.78, 5) is 51.8. The van der Waals surface area contributed by atoms with E-state index in [0.29, 0.717) is 16.3 Å². The third kappa shape index (κ3) is 6.25. The lowest BCUT2D eigenvalue weighted by molar-refractivity contribution is -0.115.